The van der Waals surface area contributed by atoms with E-state index in [1.54, 1.807) is 12.1 Å². The number of carbonyl (C=O) groups excluding carboxylic acids is 1. The van der Waals surface area contributed by atoms with Gasteiger partial charge in [0.25, 0.3) is 0 Å². The van der Waals surface area contributed by atoms with Gasteiger partial charge in [0, 0.05) is 0 Å². The van der Waals surface area contributed by atoms with E-state index in [0.29, 0.717) is 19.5 Å². The van der Waals surface area contributed by atoms with Crippen LogP contribution in [0.3, 0.4) is 0 Å². The second kappa shape index (κ2) is 7.31. The van der Waals surface area contributed by atoms with Gasteiger partial charge < -0.3 is 11.1 Å². The number of nitrogens with zero attached hydrogens (tertiary/aromatic N) is 2. The lowest BCUT2D eigenvalue weighted by Gasteiger charge is -2.14. The van der Waals surface area contributed by atoms with Crippen molar-refractivity contribution in [3.05, 3.63) is 33.8 Å². The van der Waals surface area contributed by atoms with Crippen molar-refractivity contribution in [2.75, 3.05) is 11.5 Å². The van der Waals surface area contributed by atoms with Gasteiger partial charge in [-0.3, -0.25) is 4.79 Å². The predicted octanol–water partition coefficient (Wildman–Crippen LogP) is 3.40. The van der Waals surface area contributed by atoms with Gasteiger partial charge in [-0.05, 0) is 24.6 Å². The number of nitrogens with one attached hydrogen (secondary N) is 1. The molecule has 0 saturated carbocycles. The summed E-state index contributed by atoms with van der Waals surface area (Å²) < 4.78 is 0.671. The Labute approximate surface area is 140 Å². The Bertz CT molecular complexity index is 650. The molecule has 3 N–H and O–H groups in total. The van der Waals surface area contributed by atoms with Crippen molar-refractivity contribution in [3.8, 4) is 0 Å². The molecule has 21 heavy (non-hydrogen) atoms. The first kappa shape index (κ1) is 16.4. The maximum absolute atomic E-state index is 11.9. The predicted molar refractivity (Wildman–Crippen MR) is 88.1 cm³/mol. The first-order chi connectivity index (χ1) is 9.95. The van der Waals surface area contributed by atoms with E-state index in [0.717, 1.165) is 5.56 Å². The second-order valence-corrected chi connectivity index (χ2v) is 7.20. The van der Waals surface area contributed by atoms with Crippen molar-refractivity contribution in [3.63, 3.8) is 0 Å². The number of aromatic nitrogens is 2. The largest absolute Gasteiger partial charge is 0.374 e. The van der Waals surface area contributed by atoms with Crippen LogP contribution in [0.15, 0.2) is 22.5 Å². The number of thioether (sulfide) groups is 1. The summed E-state index contributed by atoms with van der Waals surface area (Å²) in [5, 5.41) is 11.8. The molecular weight excluding hydrogens is 351 g/mol. The maximum Gasteiger partial charge on any atom is 0.230 e. The highest BCUT2D eigenvalue weighted by molar-refractivity contribution is 8.01. The molecule has 0 aliphatic carbocycles. The van der Waals surface area contributed by atoms with Crippen molar-refractivity contribution in [1.29, 1.82) is 0 Å². The summed E-state index contributed by atoms with van der Waals surface area (Å²) in [5.41, 5.74) is 6.37. The summed E-state index contributed by atoms with van der Waals surface area (Å²) >= 11 is 14.4. The molecule has 5 nitrogen and oxygen atoms in total. The molecule has 0 aliphatic rings. The number of halogens is 2. The minimum Gasteiger partial charge on any atom is -0.374 e. The fourth-order valence-corrected chi connectivity index (χ4v) is 3.31. The lowest BCUT2D eigenvalue weighted by Crippen LogP contribution is -2.28. The Kier molecular flexibility index (Phi) is 5.69. The Morgan fingerprint density at radius 1 is 1.43 bits per heavy atom. The van der Waals surface area contributed by atoms with Crippen LogP contribution in [0.1, 0.15) is 18.5 Å². The SMILES string of the molecule is CC(NC(=O)CSc1nnc(N)s1)c1ccc(Cl)c(Cl)c1. The van der Waals surface area contributed by atoms with Crippen LogP contribution >= 0.6 is 46.3 Å². The fraction of sp³-hybridized carbons (Fsp3) is 0.250. The number of rotatable bonds is 5. The van der Waals surface area contributed by atoms with Crippen LogP contribution in [0.25, 0.3) is 0 Å². The van der Waals surface area contributed by atoms with Gasteiger partial charge in [-0.15, -0.1) is 10.2 Å². The minimum atomic E-state index is -0.160. The molecule has 9 heteroatoms. The number of nitrogens with two attached hydrogens (primary N) is 1. The van der Waals surface area contributed by atoms with Gasteiger partial charge in [-0.25, -0.2) is 0 Å². The summed E-state index contributed by atoms with van der Waals surface area (Å²) in [5.74, 6) is 0.146. The molecule has 0 aliphatic heterocycles. The zero-order valence-corrected chi connectivity index (χ0v) is 14.1. The quantitative estimate of drug-likeness (QED) is 0.796. The highest BCUT2D eigenvalue weighted by Gasteiger charge is 2.12. The molecule has 1 aromatic carbocycles. The Balaban J connectivity index is 1.88. The van der Waals surface area contributed by atoms with E-state index >= 15 is 0 Å². The molecule has 1 aromatic heterocycles. The van der Waals surface area contributed by atoms with Crippen LogP contribution < -0.4 is 11.1 Å². The lowest BCUT2D eigenvalue weighted by molar-refractivity contribution is -0.119. The Hall–Kier alpha value is -1.02. The molecule has 112 valence electrons. The zero-order chi connectivity index (χ0) is 15.4. The fourth-order valence-electron chi connectivity index (χ4n) is 1.55. The molecule has 0 fully saturated rings. The first-order valence-corrected chi connectivity index (χ1v) is 8.47. The normalized spacial score (nSPS) is 12.1. The first-order valence-electron chi connectivity index (χ1n) is 5.92. The maximum atomic E-state index is 11.9. The van der Waals surface area contributed by atoms with E-state index in [1.165, 1.54) is 23.1 Å². The Morgan fingerprint density at radius 3 is 2.81 bits per heavy atom. The van der Waals surface area contributed by atoms with Crippen LogP contribution in [0.5, 0.6) is 0 Å². The highest BCUT2D eigenvalue weighted by atomic mass is 35.5. The average Bonchev–Trinajstić information content (AvgIpc) is 2.85. The molecule has 1 unspecified atom stereocenters. The molecule has 1 heterocycles. The average molecular weight is 363 g/mol. The third kappa shape index (κ3) is 4.74. The number of benzene rings is 1. The molecule has 1 amide bonds. The third-order valence-corrected chi connectivity index (χ3v) is 5.19. The molecule has 0 saturated heterocycles. The topological polar surface area (TPSA) is 80.9 Å². The summed E-state index contributed by atoms with van der Waals surface area (Å²) in [6.45, 7) is 1.88. The van der Waals surface area contributed by atoms with E-state index in [2.05, 4.69) is 15.5 Å². The molecule has 0 radical (unpaired) electrons. The van der Waals surface area contributed by atoms with E-state index < -0.39 is 0 Å². The van der Waals surface area contributed by atoms with Gasteiger partial charge in [0.1, 0.15) is 0 Å². The van der Waals surface area contributed by atoms with E-state index in [1.807, 2.05) is 13.0 Å². The van der Waals surface area contributed by atoms with Crippen LogP contribution in [0.2, 0.25) is 10.0 Å². The summed E-state index contributed by atoms with van der Waals surface area (Å²) in [4.78, 5) is 11.9. The smallest absolute Gasteiger partial charge is 0.230 e. The van der Waals surface area contributed by atoms with Gasteiger partial charge >= 0.3 is 0 Å². The van der Waals surface area contributed by atoms with Crippen LogP contribution in [-0.2, 0) is 4.79 Å². The number of amides is 1. The standard InChI is InChI=1S/C12H12Cl2N4OS2/c1-6(7-2-3-8(13)9(14)4-7)16-10(19)5-20-12-18-17-11(15)21-12/h2-4,6H,5H2,1H3,(H2,15,17)(H,16,19). The monoisotopic (exact) mass is 362 g/mol. The van der Waals surface area contributed by atoms with Gasteiger partial charge in [0.15, 0.2) is 4.34 Å². The van der Waals surface area contributed by atoms with E-state index in [-0.39, 0.29) is 17.7 Å². The van der Waals surface area contributed by atoms with E-state index in [9.17, 15) is 4.79 Å². The van der Waals surface area contributed by atoms with Gasteiger partial charge in [-0.2, -0.15) is 0 Å². The molecular formula is C12H12Cl2N4OS2. The second-order valence-electron chi connectivity index (χ2n) is 4.16. The highest BCUT2D eigenvalue weighted by Crippen LogP contribution is 2.26. The lowest BCUT2D eigenvalue weighted by atomic mass is 10.1. The van der Waals surface area contributed by atoms with Crippen LogP contribution in [0.4, 0.5) is 5.13 Å². The molecule has 2 aromatic rings. The Morgan fingerprint density at radius 2 is 2.19 bits per heavy atom. The number of anilines is 1. The van der Waals surface area contributed by atoms with Gasteiger partial charge in [-0.1, -0.05) is 52.4 Å². The van der Waals surface area contributed by atoms with Gasteiger partial charge in [0.2, 0.25) is 11.0 Å². The van der Waals surface area contributed by atoms with Crippen molar-refractivity contribution in [2.24, 2.45) is 0 Å². The van der Waals surface area contributed by atoms with Crippen molar-refractivity contribution in [1.82, 2.24) is 15.5 Å². The van der Waals surface area contributed by atoms with Gasteiger partial charge in [0.05, 0.1) is 21.8 Å². The molecule has 0 spiro atoms. The van der Waals surface area contributed by atoms with Crippen LogP contribution in [-0.4, -0.2) is 21.9 Å². The van der Waals surface area contributed by atoms with Crippen molar-refractivity contribution >= 4 is 57.3 Å². The summed E-state index contributed by atoms with van der Waals surface area (Å²) in [6.07, 6.45) is 0. The molecule has 0 bridgehead atoms. The van der Waals surface area contributed by atoms with E-state index in [4.69, 9.17) is 28.9 Å². The molecule has 2 rings (SSSR count). The molecule has 1 atom stereocenters. The summed E-state index contributed by atoms with van der Waals surface area (Å²) in [6, 6.07) is 5.12. The van der Waals surface area contributed by atoms with Crippen LogP contribution in [0, 0.1) is 0 Å². The summed E-state index contributed by atoms with van der Waals surface area (Å²) in [7, 11) is 0. The zero-order valence-electron chi connectivity index (χ0n) is 11.0. The number of carbonyl (C=O) groups is 1. The number of hydrogen-bond acceptors (Lipinski definition) is 6. The van der Waals surface area contributed by atoms with Crippen molar-refractivity contribution in [2.45, 2.75) is 17.3 Å². The number of hydrogen-bond donors (Lipinski definition) is 2. The minimum absolute atomic E-state index is 0.104. The van der Waals surface area contributed by atoms with Crippen molar-refractivity contribution < 1.29 is 4.79 Å². The third-order valence-electron chi connectivity index (χ3n) is 2.57. The number of nitrogen functional groups attached to an aromatic ring is 1.